The molecule has 0 bridgehead atoms. The molecule has 0 aliphatic heterocycles. The average molecular weight is 263 g/mol. The highest BCUT2D eigenvalue weighted by Crippen LogP contribution is 2.26. The number of carbonyl (C=O) groups excluding carboxylic acids is 1. The first kappa shape index (κ1) is 12.9. The molecule has 19 heavy (non-hydrogen) atoms. The maximum Gasteiger partial charge on any atom is 0.311 e. The van der Waals surface area contributed by atoms with Gasteiger partial charge in [-0.15, -0.1) is 0 Å². The van der Waals surface area contributed by atoms with Gasteiger partial charge in [0.25, 0.3) is 0 Å². The number of aromatic nitrogens is 1. The number of aryl methyl sites for hydroxylation is 1. The van der Waals surface area contributed by atoms with Crippen LogP contribution >= 0.6 is 0 Å². The van der Waals surface area contributed by atoms with Crippen LogP contribution in [0.1, 0.15) is 22.5 Å². The number of hydrogen-bond acceptors (Lipinski definition) is 4. The number of carbonyl (C=O) groups is 2. The predicted molar refractivity (Wildman–Crippen MR) is 63.2 cm³/mol. The van der Waals surface area contributed by atoms with Crippen LogP contribution in [0, 0.1) is 12.7 Å². The fourth-order valence-electron chi connectivity index (χ4n) is 1.73. The lowest BCUT2D eigenvalue weighted by molar-refractivity contribution is -0.135. The number of nitrogens with zero attached hydrogens (tertiary/aromatic N) is 1. The average Bonchev–Trinajstić information content (AvgIpc) is 2.71. The standard InChI is InChI=1S/C13H10FNO4/c1-7-12(10(16)6-11(17)18)13(15-19-7)8-2-4-9(14)5-3-8/h2-5H,6H2,1H3,(H,17,18). The number of rotatable bonds is 4. The summed E-state index contributed by atoms with van der Waals surface area (Å²) in [7, 11) is 0. The summed E-state index contributed by atoms with van der Waals surface area (Å²) in [6.45, 7) is 1.52. The summed E-state index contributed by atoms with van der Waals surface area (Å²) in [6.07, 6.45) is -0.643. The number of ketones is 1. The van der Waals surface area contributed by atoms with E-state index in [0.29, 0.717) is 5.56 Å². The lowest BCUT2D eigenvalue weighted by atomic mass is 10.0. The quantitative estimate of drug-likeness (QED) is 0.676. The molecule has 1 N–H and O–H groups in total. The SMILES string of the molecule is Cc1onc(-c2ccc(F)cc2)c1C(=O)CC(=O)O. The van der Waals surface area contributed by atoms with Crippen molar-refractivity contribution in [2.24, 2.45) is 0 Å². The Morgan fingerprint density at radius 2 is 1.95 bits per heavy atom. The van der Waals surface area contributed by atoms with Crippen LogP contribution in [-0.4, -0.2) is 22.0 Å². The molecule has 5 nitrogen and oxygen atoms in total. The lowest BCUT2D eigenvalue weighted by Crippen LogP contribution is -2.08. The van der Waals surface area contributed by atoms with Crippen molar-refractivity contribution in [3.05, 3.63) is 41.4 Å². The molecule has 0 saturated heterocycles. The van der Waals surface area contributed by atoms with E-state index in [0.717, 1.165) is 0 Å². The second-order valence-corrected chi connectivity index (χ2v) is 3.96. The van der Waals surface area contributed by atoms with Gasteiger partial charge < -0.3 is 9.63 Å². The van der Waals surface area contributed by atoms with Crippen molar-refractivity contribution in [2.75, 3.05) is 0 Å². The minimum Gasteiger partial charge on any atom is -0.481 e. The molecule has 0 atom stereocenters. The first-order chi connectivity index (χ1) is 8.99. The third-order valence-corrected chi connectivity index (χ3v) is 2.57. The van der Waals surface area contributed by atoms with Gasteiger partial charge in [0.05, 0.1) is 5.56 Å². The third kappa shape index (κ3) is 2.67. The normalized spacial score (nSPS) is 10.4. The van der Waals surface area contributed by atoms with E-state index in [1.54, 1.807) is 0 Å². The number of benzene rings is 1. The molecule has 1 heterocycles. The monoisotopic (exact) mass is 263 g/mol. The highest BCUT2D eigenvalue weighted by Gasteiger charge is 2.23. The Hall–Kier alpha value is -2.50. The fraction of sp³-hybridized carbons (Fsp3) is 0.154. The van der Waals surface area contributed by atoms with E-state index in [1.807, 2.05) is 0 Å². The van der Waals surface area contributed by atoms with Gasteiger partial charge in [-0.25, -0.2) is 4.39 Å². The Labute approximate surface area is 107 Å². The smallest absolute Gasteiger partial charge is 0.311 e. The summed E-state index contributed by atoms with van der Waals surface area (Å²) in [5, 5.41) is 12.4. The van der Waals surface area contributed by atoms with Crippen LogP contribution in [0.25, 0.3) is 11.3 Å². The van der Waals surface area contributed by atoms with Crippen LogP contribution in [0.5, 0.6) is 0 Å². The Morgan fingerprint density at radius 3 is 2.53 bits per heavy atom. The van der Waals surface area contributed by atoms with E-state index in [9.17, 15) is 14.0 Å². The molecule has 0 amide bonds. The maximum absolute atomic E-state index is 12.9. The molecule has 0 radical (unpaired) electrons. The van der Waals surface area contributed by atoms with Crippen LogP contribution < -0.4 is 0 Å². The van der Waals surface area contributed by atoms with E-state index in [-0.39, 0.29) is 17.0 Å². The number of aliphatic carboxylic acids is 1. The van der Waals surface area contributed by atoms with Gasteiger partial charge in [-0.1, -0.05) is 5.16 Å². The minimum absolute atomic E-state index is 0.119. The Balaban J connectivity index is 2.45. The molecule has 0 unspecified atom stereocenters. The number of hydrogen-bond donors (Lipinski definition) is 1. The van der Waals surface area contributed by atoms with Crippen molar-refractivity contribution < 1.29 is 23.6 Å². The Kier molecular flexibility index (Phi) is 3.41. The second-order valence-electron chi connectivity index (χ2n) is 3.96. The molecule has 98 valence electrons. The van der Waals surface area contributed by atoms with Crippen LogP contribution in [-0.2, 0) is 4.79 Å². The molecule has 1 aromatic heterocycles. The van der Waals surface area contributed by atoms with Crippen LogP contribution in [0.15, 0.2) is 28.8 Å². The molecule has 0 spiro atoms. The lowest BCUT2D eigenvalue weighted by Gasteiger charge is -2.00. The largest absolute Gasteiger partial charge is 0.481 e. The summed E-state index contributed by atoms with van der Waals surface area (Å²) in [5.74, 6) is -1.99. The van der Waals surface area contributed by atoms with Gasteiger partial charge in [-0.3, -0.25) is 9.59 Å². The highest BCUT2D eigenvalue weighted by atomic mass is 19.1. The van der Waals surface area contributed by atoms with Gasteiger partial charge in [0.15, 0.2) is 5.78 Å². The number of carboxylic acid groups (broad SMARTS) is 1. The number of carboxylic acids is 1. The summed E-state index contributed by atoms with van der Waals surface area (Å²) in [6, 6.07) is 5.35. The van der Waals surface area contributed by atoms with Crippen molar-refractivity contribution in [1.29, 1.82) is 0 Å². The van der Waals surface area contributed by atoms with Gasteiger partial charge in [-0.05, 0) is 31.2 Å². The molecule has 0 saturated carbocycles. The zero-order valence-electron chi connectivity index (χ0n) is 10.0. The van der Waals surface area contributed by atoms with E-state index in [4.69, 9.17) is 9.63 Å². The number of halogens is 1. The Morgan fingerprint density at radius 1 is 1.32 bits per heavy atom. The van der Waals surface area contributed by atoms with Crippen molar-refractivity contribution in [2.45, 2.75) is 13.3 Å². The molecule has 2 aromatic rings. The molecule has 1 aromatic carbocycles. The van der Waals surface area contributed by atoms with Crippen LogP contribution in [0.2, 0.25) is 0 Å². The maximum atomic E-state index is 12.9. The summed E-state index contributed by atoms with van der Waals surface area (Å²) in [4.78, 5) is 22.4. The zero-order valence-corrected chi connectivity index (χ0v) is 10.0. The summed E-state index contributed by atoms with van der Waals surface area (Å²) >= 11 is 0. The van der Waals surface area contributed by atoms with E-state index < -0.39 is 24.0 Å². The highest BCUT2D eigenvalue weighted by molar-refractivity contribution is 6.09. The first-order valence-corrected chi connectivity index (χ1v) is 5.46. The fourth-order valence-corrected chi connectivity index (χ4v) is 1.73. The van der Waals surface area contributed by atoms with Gasteiger partial charge in [0, 0.05) is 5.56 Å². The van der Waals surface area contributed by atoms with Crippen molar-refractivity contribution >= 4 is 11.8 Å². The second kappa shape index (κ2) is 5.01. The topological polar surface area (TPSA) is 80.4 Å². The van der Waals surface area contributed by atoms with E-state index in [2.05, 4.69) is 5.16 Å². The van der Waals surface area contributed by atoms with Crippen molar-refractivity contribution in [1.82, 2.24) is 5.16 Å². The summed E-state index contributed by atoms with van der Waals surface area (Å²) < 4.78 is 17.8. The summed E-state index contributed by atoms with van der Waals surface area (Å²) in [5.41, 5.74) is 0.838. The van der Waals surface area contributed by atoms with Crippen LogP contribution in [0.3, 0.4) is 0 Å². The molecule has 0 aliphatic carbocycles. The number of Topliss-reactive ketones (excluding diaryl/α,β-unsaturated/α-hetero) is 1. The van der Waals surface area contributed by atoms with Gasteiger partial charge in [0.2, 0.25) is 0 Å². The van der Waals surface area contributed by atoms with Crippen LogP contribution in [0.4, 0.5) is 4.39 Å². The van der Waals surface area contributed by atoms with Crippen molar-refractivity contribution in [3.63, 3.8) is 0 Å². The van der Waals surface area contributed by atoms with Crippen molar-refractivity contribution in [3.8, 4) is 11.3 Å². The zero-order chi connectivity index (χ0) is 14.0. The van der Waals surface area contributed by atoms with Gasteiger partial charge >= 0.3 is 5.97 Å². The van der Waals surface area contributed by atoms with Gasteiger partial charge in [0.1, 0.15) is 23.7 Å². The first-order valence-electron chi connectivity index (χ1n) is 5.46. The van der Waals surface area contributed by atoms with E-state index in [1.165, 1.54) is 31.2 Å². The third-order valence-electron chi connectivity index (χ3n) is 2.57. The molecule has 0 aliphatic rings. The molecule has 0 fully saturated rings. The predicted octanol–water partition coefficient (Wildman–Crippen LogP) is 2.45. The molecule has 6 heteroatoms. The molecular formula is C13H10FNO4. The van der Waals surface area contributed by atoms with E-state index >= 15 is 0 Å². The Bertz CT molecular complexity index is 631. The minimum atomic E-state index is -1.23. The molecule has 2 rings (SSSR count). The molecular weight excluding hydrogens is 253 g/mol. The van der Waals surface area contributed by atoms with Gasteiger partial charge in [-0.2, -0.15) is 0 Å².